The van der Waals surface area contributed by atoms with Gasteiger partial charge in [0.05, 0.1) is 0 Å². The molecule has 1 aliphatic rings. The zero-order chi connectivity index (χ0) is 14.3. The van der Waals surface area contributed by atoms with Gasteiger partial charge in [-0.15, -0.1) is 24.0 Å². The second-order valence-electron chi connectivity index (χ2n) is 6.10. The van der Waals surface area contributed by atoms with E-state index in [4.69, 9.17) is 0 Å². The van der Waals surface area contributed by atoms with Crippen LogP contribution in [-0.4, -0.2) is 75.0 Å². The first-order valence-corrected chi connectivity index (χ1v) is 7.61. The summed E-state index contributed by atoms with van der Waals surface area (Å²) in [6.45, 7) is 2.09. The highest BCUT2D eigenvalue weighted by Crippen LogP contribution is 2.21. The first-order chi connectivity index (χ1) is 9.02. The SMILES string of the molecule is CN(C)C(=NCCCN(C)C1CCCCC1)N(C)C.I. The maximum Gasteiger partial charge on any atom is 0.195 e. The molecule has 0 bridgehead atoms. The second-order valence-corrected chi connectivity index (χ2v) is 6.10. The molecule has 0 amide bonds. The molecule has 1 rings (SSSR count). The van der Waals surface area contributed by atoms with Crippen LogP contribution in [0.2, 0.25) is 0 Å². The fourth-order valence-corrected chi connectivity index (χ4v) is 2.89. The largest absolute Gasteiger partial charge is 0.349 e. The smallest absolute Gasteiger partial charge is 0.195 e. The van der Waals surface area contributed by atoms with Crippen LogP contribution >= 0.6 is 24.0 Å². The summed E-state index contributed by atoms with van der Waals surface area (Å²) in [5.41, 5.74) is 0. The third kappa shape index (κ3) is 7.11. The van der Waals surface area contributed by atoms with Crippen LogP contribution in [0.4, 0.5) is 0 Å². The minimum absolute atomic E-state index is 0. The van der Waals surface area contributed by atoms with Crippen molar-refractivity contribution in [3.05, 3.63) is 0 Å². The van der Waals surface area contributed by atoms with E-state index in [1.807, 2.05) is 28.2 Å². The molecule has 0 unspecified atom stereocenters. The molecule has 120 valence electrons. The van der Waals surface area contributed by atoms with Crippen molar-refractivity contribution in [3.8, 4) is 0 Å². The van der Waals surface area contributed by atoms with Gasteiger partial charge >= 0.3 is 0 Å². The Labute approximate surface area is 142 Å². The molecule has 0 spiro atoms. The van der Waals surface area contributed by atoms with Crippen molar-refractivity contribution in [2.24, 2.45) is 4.99 Å². The van der Waals surface area contributed by atoms with Gasteiger partial charge in [0.1, 0.15) is 0 Å². The Morgan fingerprint density at radius 3 is 2.00 bits per heavy atom. The van der Waals surface area contributed by atoms with Crippen molar-refractivity contribution in [1.29, 1.82) is 0 Å². The third-order valence-corrected chi connectivity index (χ3v) is 3.92. The third-order valence-electron chi connectivity index (χ3n) is 3.92. The molecule has 0 aromatic heterocycles. The number of guanidine groups is 1. The second kappa shape index (κ2) is 10.7. The van der Waals surface area contributed by atoms with Crippen molar-refractivity contribution in [1.82, 2.24) is 14.7 Å². The number of hydrogen-bond donors (Lipinski definition) is 0. The van der Waals surface area contributed by atoms with E-state index in [9.17, 15) is 0 Å². The Hall–Kier alpha value is -0.0400. The van der Waals surface area contributed by atoms with E-state index in [2.05, 4.69) is 26.7 Å². The van der Waals surface area contributed by atoms with Crippen LogP contribution in [0.1, 0.15) is 38.5 Å². The molecule has 0 saturated heterocycles. The van der Waals surface area contributed by atoms with Gasteiger partial charge in [0.2, 0.25) is 0 Å². The van der Waals surface area contributed by atoms with Gasteiger partial charge in [-0.2, -0.15) is 0 Å². The zero-order valence-corrected chi connectivity index (χ0v) is 16.3. The molecule has 0 N–H and O–H groups in total. The van der Waals surface area contributed by atoms with Crippen LogP contribution in [0, 0.1) is 0 Å². The molecular weight excluding hydrogens is 363 g/mol. The Morgan fingerprint density at radius 1 is 0.950 bits per heavy atom. The highest BCUT2D eigenvalue weighted by atomic mass is 127. The molecule has 1 aliphatic carbocycles. The standard InChI is InChI=1S/C15H32N4.HI/c1-17(2)15(18(3)4)16-12-9-13-19(5)14-10-7-6-8-11-14;/h14H,6-13H2,1-5H3;1H. The van der Waals surface area contributed by atoms with Gasteiger partial charge < -0.3 is 14.7 Å². The quantitative estimate of drug-likeness (QED) is 0.309. The molecular formula is C15H33IN4. The Kier molecular flexibility index (Phi) is 10.6. The summed E-state index contributed by atoms with van der Waals surface area (Å²) in [6, 6.07) is 0.819. The number of hydrogen-bond acceptors (Lipinski definition) is 2. The fraction of sp³-hybridized carbons (Fsp3) is 0.933. The molecule has 1 saturated carbocycles. The number of halogens is 1. The van der Waals surface area contributed by atoms with Crippen LogP contribution in [0.15, 0.2) is 4.99 Å². The average molecular weight is 396 g/mol. The van der Waals surface area contributed by atoms with E-state index in [0.29, 0.717) is 0 Å². The summed E-state index contributed by atoms with van der Waals surface area (Å²) in [4.78, 5) is 11.4. The van der Waals surface area contributed by atoms with Crippen molar-refractivity contribution in [2.45, 2.75) is 44.6 Å². The van der Waals surface area contributed by atoms with Crippen molar-refractivity contribution < 1.29 is 0 Å². The lowest BCUT2D eigenvalue weighted by Crippen LogP contribution is -2.36. The van der Waals surface area contributed by atoms with Crippen LogP contribution in [0.3, 0.4) is 0 Å². The van der Waals surface area contributed by atoms with E-state index >= 15 is 0 Å². The Balaban J connectivity index is 0.00000361. The first-order valence-electron chi connectivity index (χ1n) is 7.61. The maximum atomic E-state index is 4.68. The molecule has 0 heterocycles. The molecule has 4 nitrogen and oxygen atoms in total. The van der Waals surface area contributed by atoms with E-state index in [-0.39, 0.29) is 24.0 Å². The van der Waals surface area contributed by atoms with Crippen molar-refractivity contribution in [3.63, 3.8) is 0 Å². The predicted molar refractivity (Wildman–Crippen MR) is 99.2 cm³/mol. The summed E-state index contributed by atoms with van der Waals surface area (Å²) < 4.78 is 0. The molecule has 1 fully saturated rings. The molecule has 5 heteroatoms. The average Bonchev–Trinajstić information content (AvgIpc) is 2.38. The molecule has 0 aliphatic heterocycles. The normalized spacial score (nSPS) is 15.7. The maximum absolute atomic E-state index is 4.68. The molecule has 20 heavy (non-hydrogen) atoms. The zero-order valence-electron chi connectivity index (χ0n) is 13.9. The van der Waals surface area contributed by atoms with Crippen molar-refractivity contribution in [2.75, 3.05) is 48.3 Å². The minimum Gasteiger partial charge on any atom is -0.349 e. The van der Waals surface area contributed by atoms with Gasteiger partial charge in [0, 0.05) is 40.8 Å². The van der Waals surface area contributed by atoms with Crippen LogP contribution in [-0.2, 0) is 0 Å². The van der Waals surface area contributed by atoms with Crippen molar-refractivity contribution >= 4 is 29.9 Å². The van der Waals surface area contributed by atoms with Crippen LogP contribution in [0.5, 0.6) is 0 Å². The lowest BCUT2D eigenvalue weighted by Gasteiger charge is -2.31. The van der Waals surface area contributed by atoms with Gasteiger partial charge in [-0.1, -0.05) is 19.3 Å². The number of nitrogens with zero attached hydrogens (tertiary/aromatic N) is 4. The minimum atomic E-state index is 0. The van der Waals surface area contributed by atoms with E-state index in [1.165, 1.54) is 38.6 Å². The Bertz CT molecular complexity index is 263. The van der Waals surface area contributed by atoms with Crippen LogP contribution < -0.4 is 0 Å². The topological polar surface area (TPSA) is 22.1 Å². The van der Waals surface area contributed by atoms with Gasteiger partial charge in [0.25, 0.3) is 0 Å². The first kappa shape index (κ1) is 20.0. The molecule has 0 aromatic carbocycles. The van der Waals surface area contributed by atoms with Gasteiger partial charge in [0.15, 0.2) is 5.96 Å². The number of rotatable bonds is 5. The summed E-state index contributed by atoms with van der Waals surface area (Å²) in [6.07, 6.45) is 8.19. The summed E-state index contributed by atoms with van der Waals surface area (Å²) in [7, 11) is 10.5. The monoisotopic (exact) mass is 396 g/mol. The van der Waals surface area contributed by atoms with Gasteiger partial charge in [-0.25, -0.2) is 0 Å². The summed E-state index contributed by atoms with van der Waals surface area (Å²) in [5.74, 6) is 1.06. The van der Waals surface area contributed by atoms with E-state index in [0.717, 1.165) is 25.0 Å². The number of aliphatic imine (C=N–C) groups is 1. The fourth-order valence-electron chi connectivity index (χ4n) is 2.89. The lowest BCUT2D eigenvalue weighted by molar-refractivity contribution is 0.191. The lowest BCUT2D eigenvalue weighted by atomic mass is 9.94. The van der Waals surface area contributed by atoms with Crippen LogP contribution in [0.25, 0.3) is 0 Å². The molecule has 0 aromatic rings. The molecule has 0 atom stereocenters. The summed E-state index contributed by atoms with van der Waals surface area (Å²) >= 11 is 0. The van der Waals surface area contributed by atoms with Gasteiger partial charge in [-0.3, -0.25) is 4.99 Å². The van der Waals surface area contributed by atoms with E-state index < -0.39 is 0 Å². The highest BCUT2D eigenvalue weighted by Gasteiger charge is 2.17. The summed E-state index contributed by atoms with van der Waals surface area (Å²) in [5, 5.41) is 0. The Morgan fingerprint density at radius 2 is 1.50 bits per heavy atom. The van der Waals surface area contributed by atoms with E-state index in [1.54, 1.807) is 0 Å². The highest BCUT2D eigenvalue weighted by molar-refractivity contribution is 14.0. The van der Waals surface area contributed by atoms with Gasteiger partial charge in [-0.05, 0) is 32.9 Å². The predicted octanol–water partition coefficient (Wildman–Crippen LogP) is 2.74. The molecule has 0 radical (unpaired) electrons.